The van der Waals surface area contributed by atoms with E-state index in [1.54, 1.807) is 18.0 Å². The van der Waals surface area contributed by atoms with Crippen molar-refractivity contribution in [3.63, 3.8) is 0 Å². The standard InChI is InChI=1S/C26H28N4OS/c1-4-19(3)28-25(31)22-10-8-20(9-11-22)17-32-26-29-23-12-13-27-15-24(23)30(26)16-21-7-5-6-18(2)14-21/h5-15,19H,4,16-17H2,1-3H3,(H,28,31). The van der Waals surface area contributed by atoms with Gasteiger partial charge in [-0.25, -0.2) is 4.98 Å². The number of imidazole rings is 1. The Hall–Kier alpha value is -3.12. The molecule has 2 aromatic carbocycles. The van der Waals surface area contributed by atoms with Crippen LogP contribution < -0.4 is 5.32 Å². The second-order valence-electron chi connectivity index (χ2n) is 8.10. The van der Waals surface area contributed by atoms with Crippen molar-refractivity contribution in [2.45, 2.75) is 50.7 Å². The predicted octanol–water partition coefficient (Wildman–Crippen LogP) is 5.61. The average molecular weight is 445 g/mol. The number of rotatable bonds is 8. The van der Waals surface area contributed by atoms with Crippen molar-refractivity contribution < 1.29 is 4.79 Å². The number of pyridine rings is 1. The van der Waals surface area contributed by atoms with Crippen molar-refractivity contribution in [3.05, 3.63) is 89.2 Å². The number of benzene rings is 2. The number of hydrogen-bond donors (Lipinski definition) is 1. The van der Waals surface area contributed by atoms with Gasteiger partial charge in [-0.2, -0.15) is 0 Å². The predicted molar refractivity (Wildman–Crippen MR) is 131 cm³/mol. The molecule has 4 rings (SSSR count). The molecule has 4 aromatic rings. The lowest BCUT2D eigenvalue weighted by molar-refractivity contribution is 0.0939. The van der Waals surface area contributed by atoms with E-state index in [4.69, 9.17) is 4.98 Å². The van der Waals surface area contributed by atoms with Gasteiger partial charge in [0.2, 0.25) is 0 Å². The zero-order valence-electron chi connectivity index (χ0n) is 18.7. The molecule has 1 N–H and O–H groups in total. The van der Waals surface area contributed by atoms with Crippen LogP contribution in [-0.4, -0.2) is 26.5 Å². The number of carbonyl (C=O) groups is 1. The molecule has 1 atom stereocenters. The van der Waals surface area contributed by atoms with Gasteiger partial charge in [0.25, 0.3) is 5.91 Å². The van der Waals surface area contributed by atoms with Crippen LogP contribution in [0.15, 0.2) is 72.1 Å². The minimum atomic E-state index is -0.0222. The number of carbonyl (C=O) groups excluding carboxylic acids is 1. The van der Waals surface area contributed by atoms with Crippen LogP contribution >= 0.6 is 11.8 Å². The Morgan fingerprint density at radius 2 is 1.94 bits per heavy atom. The number of amides is 1. The van der Waals surface area contributed by atoms with E-state index in [1.165, 1.54) is 11.1 Å². The van der Waals surface area contributed by atoms with Crippen molar-refractivity contribution in [1.29, 1.82) is 0 Å². The van der Waals surface area contributed by atoms with E-state index in [0.717, 1.165) is 40.5 Å². The number of aromatic nitrogens is 3. The summed E-state index contributed by atoms with van der Waals surface area (Å²) < 4.78 is 2.23. The van der Waals surface area contributed by atoms with Crippen LogP contribution in [0.2, 0.25) is 0 Å². The molecule has 0 aliphatic rings. The van der Waals surface area contributed by atoms with Crippen molar-refractivity contribution >= 4 is 28.7 Å². The third-order valence-electron chi connectivity index (χ3n) is 5.51. The Kier molecular flexibility index (Phi) is 6.90. The first-order valence-electron chi connectivity index (χ1n) is 10.9. The van der Waals surface area contributed by atoms with Gasteiger partial charge >= 0.3 is 0 Å². The maximum atomic E-state index is 12.3. The molecule has 2 aromatic heterocycles. The number of fused-ring (bicyclic) bond motifs is 1. The summed E-state index contributed by atoms with van der Waals surface area (Å²) in [5, 5.41) is 3.98. The number of thioether (sulfide) groups is 1. The third-order valence-corrected chi connectivity index (χ3v) is 6.56. The zero-order chi connectivity index (χ0) is 22.5. The van der Waals surface area contributed by atoms with Crippen LogP contribution in [0.4, 0.5) is 0 Å². The molecule has 0 spiro atoms. The molecule has 0 aliphatic carbocycles. The molecular formula is C26H28N4OS. The summed E-state index contributed by atoms with van der Waals surface area (Å²) in [6.45, 7) is 6.94. The second kappa shape index (κ2) is 10.0. The fraction of sp³-hybridized carbons (Fsp3) is 0.269. The van der Waals surface area contributed by atoms with Crippen molar-refractivity contribution in [3.8, 4) is 0 Å². The Balaban J connectivity index is 1.51. The van der Waals surface area contributed by atoms with Gasteiger partial charge in [0.1, 0.15) is 0 Å². The van der Waals surface area contributed by atoms with E-state index in [-0.39, 0.29) is 11.9 Å². The molecule has 5 nitrogen and oxygen atoms in total. The smallest absolute Gasteiger partial charge is 0.251 e. The molecule has 0 bridgehead atoms. The molecule has 1 amide bonds. The Bertz CT molecular complexity index is 1220. The highest BCUT2D eigenvalue weighted by atomic mass is 32.2. The number of nitrogens with zero attached hydrogens (tertiary/aromatic N) is 3. The van der Waals surface area contributed by atoms with Gasteiger partial charge in [0.15, 0.2) is 5.16 Å². The molecule has 164 valence electrons. The average Bonchev–Trinajstić information content (AvgIpc) is 3.15. The molecular weight excluding hydrogens is 416 g/mol. The minimum Gasteiger partial charge on any atom is -0.350 e. The molecule has 6 heteroatoms. The molecule has 0 fully saturated rings. The van der Waals surface area contributed by atoms with Gasteiger partial charge in [-0.3, -0.25) is 9.78 Å². The number of hydrogen-bond acceptors (Lipinski definition) is 4. The van der Waals surface area contributed by atoms with Gasteiger partial charge in [-0.1, -0.05) is 60.6 Å². The second-order valence-corrected chi connectivity index (χ2v) is 9.04. The highest BCUT2D eigenvalue weighted by Gasteiger charge is 2.13. The maximum Gasteiger partial charge on any atom is 0.251 e. The first-order valence-corrected chi connectivity index (χ1v) is 11.9. The van der Waals surface area contributed by atoms with Gasteiger partial charge in [-0.15, -0.1) is 0 Å². The monoisotopic (exact) mass is 444 g/mol. The first kappa shape index (κ1) is 22.1. The van der Waals surface area contributed by atoms with Crippen LogP contribution in [0.3, 0.4) is 0 Å². The van der Waals surface area contributed by atoms with E-state index in [2.05, 4.69) is 53.0 Å². The number of aryl methyl sites for hydroxylation is 1. The van der Waals surface area contributed by atoms with Crippen LogP contribution in [0.25, 0.3) is 11.0 Å². The molecule has 1 unspecified atom stereocenters. The van der Waals surface area contributed by atoms with Gasteiger partial charge in [0.05, 0.1) is 23.8 Å². The maximum absolute atomic E-state index is 12.3. The first-order chi connectivity index (χ1) is 15.5. The van der Waals surface area contributed by atoms with E-state index < -0.39 is 0 Å². The molecule has 0 radical (unpaired) electrons. The fourth-order valence-corrected chi connectivity index (χ4v) is 4.48. The lowest BCUT2D eigenvalue weighted by Crippen LogP contribution is -2.31. The summed E-state index contributed by atoms with van der Waals surface area (Å²) in [7, 11) is 0. The van der Waals surface area contributed by atoms with E-state index >= 15 is 0 Å². The summed E-state index contributed by atoms with van der Waals surface area (Å²) in [5.41, 5.74) is 6.32. The van der Waals surface area contributed by atoms with Crippen LogP contribution in [0.5, 0.6) is 0 Å². The summed E-state index contributed by atoms with van der Waals surface area (Å²) in [6, 6.07) is 18.5. The molecule has 2 heterocycles. The minimum absolute atomic E-state index is 0.0222. The van der Waals surface area contributed by atoms with Crippen LogP contribution in [0.1, 0.15) is 47.3 Å². The summed E-state index contributed by atoms with van der Waals surface area (Å²) in [4.78, 5) is 21.5. The fourth-order valence-electron chi connectivity index (χ4n) is 3.51. The Morgan fingerprint density at radius 1 is 1.12 bits per heavy atom. The highest BCUT2D eigenvalue weighted by Crippen LogP contribution is 2.27. The molecule has 32 heavy (non-hydrogen) atoms. The van der Waals surface area contributed by atoms with Gasteiger partial charge in [-0.05, 0) is 49.6 Å². The van der Waals surface area contributed by atoms with E-state index in [1.807, 2.05) is 43.5 Å². The Labute approximate surface area is 193 Å². The Morgan fingerprint density at radius 3 is 2.69 bits per heavy atom. The summed E-state index contributed by atoms with van der Waals surface area (Å²) in [5.74, 6) is 0.753. The molecule has 0 saturated carbocycles. The summed E-state index contributed by atoms with van der Waals surface area (Å²) in [6.07, 6.45) is 4.58. The normalized spacial score (nSPS) is 12.1. The van der Waals surface area contributed by atoms with Gasteiger partial charge in [0, 0.05) is 23.6 Å². The number of nitrogens with one attached hydrogen (secondary N) is 1. The topological polar surface area (TPSA) is 59.8 Å². The van der Waals surface area contributed by atoms with Gasteiger partial charge < -0.3 is 9.88 Å². The van der Waals surface area contributed by atoms with Crippen LogP contribution in [0, 0.1) is 6.92 Å². The van der Waals surface area contributed by atoms with E-state index in [0.29, 0.717) is 5.56 Å². The quantitative estimate of drug-likeness (QED) is 0.359. The lowest BCUT2D eigenvalue weighted by atomic mass is 10.1. The van der Waals surface area contributed by atoms with Crippen molar-refractivity contribution in [2.75, 3.05) is 0 Å². The van der Waals surface area contributed by atoms with E-state index in [9.17, 15) is 4.79 Å². The molecule has 0 saturated heterocycles. The zero-order valence-corrected chi connectivity index (χ0v) is 19.5. The lowest BCUT2D eigenvalue weighted by Gasteiger charge is -2.12. The third kappa shape index (κ3) is 5.19. The SMILES string of the molecule is CCC(C)NC(=O)c1ccc(CSc2nc3ccncc3n2Cc2cccc(C)c2)cc1. The van der Waals surface area contributed by atoms with Crippen molar-refractivity contribution in [2.24, 2.45) is 0 Å². The summed E-state index contributed by atoms with van der Waals surface area (Å²) >= 11 is 1.70. The van der Waals surface area contributed by atoms with Crippen LogP contribution in [-0.2, 0) is 12.3 Å². The largest absolute Gasteiger partial charge is 0.350 e. The molecule has 0 aliphatic heterocycles. The van der Waals surface area contributed by atoms with Crippen molar-refractivity contribution in [1.82, 2.24) is 19.9 Å². The highest BCUT2D eigenvalue weighted by molar-refractivity contribution is 7.98.